The summed E-state index contributed by atoms with van der Waals surface area (Å²) in [6.07, 6.45) is 3.75. The van der Waals surface area contributed by atoms with Crippen molar-refractivity contribution in [2.45, 2.75) is 39.7 Å². The Kier molecular flexibility index (Phi) is 6.69. The summed E-state index contributed by atoms with van der Waals surface area (Å²) >= 11 is 0. The van der Waals surface area contributed by atoms with Crippen LogP contribution in [-0.2, 0) is 16.1 Å². The van der Waals surface area contributed by atoms with Crippen molar-refractivity contribution < 1.29 is 9.59 Å². The number of carbonyl (C=O) groups excluding carboxylic acids is 2. The van der Waals surface area contributed by atoms with Crippen molar-refractivity contribution in [1.29, 1.82) is 0 Å². The molecule has 3 rings (SSSR count). The highest BCUT2D eigenvalue weighted by Crippen LogP contribution is 2.23. The lowest BCUT2D eigenvalue weighted by Crippen LogP contribution is -2.39. The maximum Gasteiger partial charge on any atom is 0.240 e. The van der Waals surface area contributed by atoms with E-state index in [-0.39, 0.29) is 18.4 Å². The molecule has 0 bridgehead atoms. The van der Waals surface area contributed by atoms with E-state index in [1.165, 1.54) is 36.8 Å². The van der Waals surface area contributed by atoms with Crippen molar-refractivity contribution in [3.05, 3.63) is 59.7 Å². The molecule has 2 aromatic rings. The lowest BCUT2D eigenvalue weighted by molar-refractivity contribution is -0.123. The van der Waals surface area contributed by atoms with E-state index < -0.39 is 0 Å². The van der Waals surface area contributed by atoms with Gasteiger partial charge in [-0.15, -0.1) is 0 Å². The van der Waals surface area contributed by atoms with Crippen LogP contribution >= 0.6 is 0 Å². The van der Waals surface area contributed by atoms with Crippen LogP contribution in [0.25, 0.3) is 0 Å². The average Bonchev–Trinajstić information content (AvgIpc) is 2.72. The molecule has 0 saturated carbocycles. The SMILES string of the molecule is CC(=O)N(CC(=O)NCc1ccccc1C)c1ccc(N2CCCCC2)cc1. The highest BCUT2D eigenvalue weighted by molar-refractivity contribution is 5.97. The molecule has 0 aliphatic carbocycles. The minimum Gasteiger partial charge on any atom is -0.372 e. The van der Waals surface area contributed by atoms with E-state index >= 15 is 0 Å². The number of aryl methyl sites for hydroxylation is 1. The molecule has 148 valence electrons. The van der Waals surface area contributed by atoms with Crippen LogP contribution in [0.1, 0.15) is 37.3 Å². The third-order valence-electron chi connectivity index (χ3n) is 5.30. The standard InChI is InChI=1S/C23H29N3O2/c1-18-8-4-5-9-20(18)16-24-23(28)17-26(19(2)27)22-12-10-21(11-13-22)25-14-6-3-7-15-25/h4-5,8-13H,3,6-7,14-17H2,1-2H3,(H,24,28). The molecule has 0 atom stereocenters. The number of rotatable bonds is 6. The quantitative estimate of drug-likeness (QED) is 0.833. The lowest BCUT2D eigenvalue weighted by atomic mass is 10.1. The Hall–Kier alpha value is -2.82. The molecule has 0 radical (unpaired) electrons. The van der Waals surface area contributed by atoms with Crippen molar-refractivity contribution in [3.63, 3.8) is 0 Å². The summed E-state index contributed by atoms with van der Waals surface area (Å²) < 4.78 is 0. The van der Waals surface area contributed by atoms with Crippen LogP contribution in [0, 0.1) is 6.92 Å². The van der Waals surface area contributed by atoms with Crippen LogP contribution in [0.4, 0.5) is 11.4 Å². The number of nitrogens with one attached hydrogen (secondary N) is 1. The van der Waals surface area contributed by atoms with Gasteiger partial charge in [-0.1, -0.05) is 24.3 Å². The van der Waals surface area contributed by atoms with E-state index in [0.29, 0.717) is 6.54 Å². The van der Waals surface area contributed by atoms with Crippen molar-refractivity contribution in [1.82, 2.24) is 5.32 Å². The van der Waals surface area contributed by atoms with Gasteiger partial charge in [-0.2, -0.15) is 0 Å². The normalized spacial score (nSPS) is 13.9. The lowest BCUT2D eigenvalue weighted by Gasteiger charge is -2.29. The molecule has 1 N–H and O–H groups in total. The Morgan fingerprint density at radius 1 is 1.00 bits per heavy atom. The van der Waals surface area contributed by atoms with Crippen molar-refractivity contribution in [2.24, 2.45) is 0 Å². The Bertz CT molecular complexity index is 811. The Balaban J connectivity index is 1.61. The Morgan fingerprint density at radius 2 is 1.68 bits per heavy atom. The second-order valence-electron chi connectivity index (χ2n) is 7.37. The van der Waals surface area contributed by atoms with Crippen molar-refractivity contribution >= 4 is 23.2 Å². The van der Waals surface area contributed by atoms with Gasteiger partial charge >= 0.3 is 0 Å². The summed E-state index contributed by atoms with van der Waals surface area (Å²) in [5.74, 6) is -0.310. The molecule has 1 heterocycles. The molecule has 1 aliphatic rings. The van der Waals surface area contributed by atoms with Gasteiger partial charge in [-0.3, -0.25) is 9.59 Å². The number of carbonyl (C=O) groups is 2. The van der Waals surface area contributed by atoms with Gasteiger partial charge in [0, 0.05) is 37.9 Å². The van der Waals surface area contributed by atoms with Gasteiger partial charge in [-0.05, 0) is 61.6 Å². The number of anilines is 2. The highest BCUT2D eigenvalue weighted by atomic mass is 16.2. The fourth-order valence-electron chi connectivity index (χ4n) is 3.58. The first-order valence-corrected chi connectivity index (χ1v) is 9.99. The molecule has 2 amide bonds. The largest absolute Gasteiger partial charge is 0.372 e. The monoisotopic (exact) mass is 379 g/mol. The molecule has 28 heavy (non-hydrogen) atoms. The first-order valence-electron chi connectivity index (χ1n) is 9.99. The second kappa shape index (κ2) is 9.40. The van der Waals surface area contributed by atoms with E-state index in [0.717, 1.165) is 29.9 Å². The Morgan fingerprint density at radius 3 is 2.32 bits per heavy atom. The number of benzene rings is 2. The van der Waals surface area contributed by atoms with Crippen molar-refractivity contribution in [3.8, 4) is 0 Å². The van der Waals surface area contributed by atoms with Gasteiger partial charge in [0.1, 0.15) is 6.54 Å². The van der Waals surface area contributed by atoms with Gasteiger partial charge in [0.2, 0.25) is 11.8 Å². The number of piperidine rings is 1. The molecule has 5 heteroatoms. The van der Waals surface area contributed by atoms with Gasteiger partial charge < -0.3 is 15.1 Å². The third kappa shape index (κ3) is 5.12. The minimum atomic E-state index is -0.168. The maximum atomic E-state index is 12.4. The second-order valence-corrected chi connectivity index (χ2v) is 7.37. The molecular formula is C23H29N3O2. The third-order valence-corrected chi connectivity index (χ3v) is 5.30. The first kappa shape index (κ1) is 19.9. The Labute approximate surface area is 167 Å². The summed E-state index contributed by atoms with van der Waals surface area (Å²) in [6, 6.07) is 15.9. The fraction of sp³-hybridized carbons (Fsp3) is 0.391. The maximum absolute atomic E-state index is 12.4. The smallest absolute Gasteiger partial charge is 0.240 e. The topological polar surface area (TPSA) is 52.7 Å². The molecule has 0 aromatic heterocycles. The first-order chi connectivity index (χ1) is 13.5. The van der Waals surface area contributed by atoms with E-state index in [1.807, 2.05) is 55.5 Å². The van der Waals surface area contributed by atoms with E-state index in [2.05, 4.69) is 10.2 Å². The number of nitrogens with zero attached hydrogens (tertiary/aromatic N) is 2. The zero-order valence-electron chi connectivity index (χ0n) is 16.8. The molecule has 0 unspecified atom stereocenters. The molecule has 5 nitrogen and oxygen atoms in total. The summed E-state index contributed by atoms with van der Waals surface area (Å²) in [6.45, 7) is 6.16. The molecule has 0 spiro atoms. The van der Waals surface area contributed by atoms with Crippen LogP contribution < -0.4 is 15.1 Å². The van der Waals surface area contributed by atoms with Gasteiger partial charge in [0.25, 0.3) is 0 Å². The highest BCUT2D eigenvalue weighted by Gasteiger charge is 2.17. The zero-order valence-corrected chi connectivity index (χ0v) is 16.8. The van der Waals surface area contributed by atoms with Crippen molar-refractivity contribution in [2.75, 3.05) is 29.4 Å². The fourth-order valence-corrected chi connectivity index (χ4v) is 3.58. The molecule has 1 saturated heterocycles. The molecule has 1 aliphatic heterocycles. The summed E-state index contributed by atoms with van der Waals surface area (Å²) in [7, 11) is 0. The van der Waals surface area contributed by atoms with Gasteiger partial charge in [0.05, 0.1) is 0 Å². The van der Waals surface area contributed by atoms with Crippen LogP contribution in [0.2, 0.25) is 0 Å². The van der Waals surface area contributed by atoms with E-state index in [4.69, 9.17) is 0 Å². The molecule has 2 aromatic carbocycles. The molecular weight excluding hydrogens is 350 g/mol. The average molecular weight is 380 g/mol. The van der Waals surface area contributed by atoms with Gasteiger partial charge in [0.15, 0.2) is 0 Å². The number of hydrogen-bond donors (Lipinski definition) is 1. The van der Waals surface area contributed by atoms with E-state index in [1.54, 1.807) is 0 Å². The molecule has 1 fully saturated rings. The summed E-state index contributed by atoms with van der Waals surface area (Å²) in [5, 5.41) is 2.92. The minimum absolute atomic E-state index is 0.0181. The van der Waals surface area contributed by atoms with Crippen LogP contribution in [0.15, 0.2) is 48.5 Å². The number of hydrogen-bond acceptors (Lipinski definition) is 3. The van der Waals surface area contributed by atoms with Crippen LogP contribution in [0.5, 0.6) is 0 Å². The van der Waals surface area contributed by atoms with Crippen LogP contribution in [-0.4, -0.2) is 31.4 Å². The van der Waals surface area contributed by atoms with E-state index in [9.17, 15) is 9.59 Å². The summed E-state index contributed by atoms with van der Waals surface area (Å²) in [4.78, 5) is 28.4. The summed E-state index contributed by atoms with van der Waals surface area (Å²) in [5.41, 5.74) is 4.14. The van der Waals surface area contributed by atoms with Crippen LogP contribution in [0.3, 0.4) is 0 Å². The van der Waals surface area contributed by atoms with Gasteiger partial charge in [-0.25, -0.2) is 0 Å². The predicted octanol–water partition coefficient (Wildman–Crippen LogP) is 3.65. The zero-order chi connectivity index (χ0) is 19.9. The number of amides is 2. The predicted molar refractivity (Wildman–Crippen MR) is 114 cm³/mol.